The fourth-order valence-electron chi connectivity index (χ4n) is 2.84. The van der Waals surface area contributed by atoms with Gasteiger partial charge in [0.1, 0.15) is 17.2 Å². The zero-order valence-corrected chi connectivity index (χ0v) is 17.7. The van der Waals surface area contributed by atoms with Gasteiger partial charge >= 0.3 is 0 Å². The van der Waals surface area contributed by atoms with Gasteiger partial charge in [0.2, 0.25) is 0 Å². The van der Waals surface area contributed by atoms with Crippen LogP contribution >= 0.6 is 0 Å². The maximum atomic E-state index is 14.6. The first-order valence-corrected chi connectivity index (χ1v) is 10.4. The molecule has 0 aromatic carbocycles. The fourth-order valence-corrected chi connectivity index (χ4v) is 4.03. The number of aliphatic hydroxyl groups is 1. The molecule has 0 saturated carbocycles. The molecule has 3 rings (SSSR count). The smallest absolute Gasteiger partial charge is 0.151 e. The van der Waals surface area contributed by atoms with Crippen molar-refractivity contribution in [2.45, 2.75) is 36.8 Å². The maximum absolute atomic E-state index is 14.6. The number of pyridine rings is 2. The van der Waals surface area contributed by atoms with E-state index in [0.717, 1.165) is 6.20 Å². The van der Waals surface area contributed by atoms with E-state index in [1.807, 2.05) is 20.8 Å². The van der Waals surface area contributed by atoms with Gasteiger partial charge in [-0.15, -0.1) is 0 Å². The molecule has 0 fully saturated rings. The number of fused-ring (bicyclic) bond motifs is 1. The Bertz CT molecular complexity index is 1050. The molecule has 3 heterocycles. The summed E-state index contributed by atoms with van der Waals surface area (Å²) in [7, 11) is 0.172. The van der Waals surface area contributed by atoms with Crippen molar-refractivity contribution >= 4 is 22.3 Å². The molecule has 156 valence electrons. The molecular formula is C20H25FN4O3S. The molecule has 0 amide bonds. The first-order chi connectivity index (χ1) is 13.8. The number of halogens is 1. The van der Waals surface area contributed by atoms with E-state index in [0.29, 0.717) is 46.3 Å². The quantitative estimate of drug-likeness (QED) is 0.571. The van der Waals surface area contributed by atoms with Gasteiger partial charge in [0.25, 0.3) is 0 Å². The Hall–Kier alpha value is -2.52. The Labute approximate surface area is 171 Å². The Morgan fingerprint density at radius 2 is 2.03 bits per heavy atom. The molecule has 3 aromatic heterocycles. The number of methoxy groups -OCH3 is 1. The highest BCUT2D eigenvalue weighted by molar-refractivity contribution is 7.86. The van der Waals surface area contributed by atoms with Gasteiger partial charge in [-0.3, -0.25) is 8.61 Å². The predicted octanol–water partition coefficient (Wildman–Crippen LogP) is 3.24. The van der Waals surface area contributed by atoms with Crippen LogP contribution < -0.4 is 10.1 Å². The largest absolute Gasteiger partial charge is 0.495 e. The molecular weight excluding hydrogens is 395 g/mol. The van der Waals surface area contributed by atoms with E-state index in [1.54, 1.807) is 28.9 Å². The van der Waals surface area contributed by atoms with Crippen molar-refractivity contribution < 1.29 is 18.4 Å². The summed E-state index contributed by atoms with van der Waals surface area (Å²) >= 11 is 0. The van der Waals surface area contributed by atoms with Gasteiger partial charge in [-0.1, -0.05) is 0 Å². The van der Waals surface area contributed by atoms with Gasteiger partial charge < -0.3 is 15.2 Å². The van der Waals surface area contributed by atoms with E-state index in [-0.39, 0.29) is 6.61 Å². The molecule has 3 aromatic rings. The molecule has 0 aliphatic heterocycles. The number of hydrogen-bond donors (Lipinski definition) is 2. The molecule has 29 heavy (non-hydrogen) atoms. The van der Waals surface area contributed by atoms with Crippen LogP contribution in [-0.4, -0.2) is 48.7 Å². The monoisotopic (exact) mass is 420 g/mol. The average Bonchev–Trinajstić information content (AvgIpc) is 3.09. The summed E-state index contributed by atoms with van der Waals surface area (Å²) in [6.07, 6.45) is 4.96. The minimum absolute atomic E-state index is 0.0594. The number of imidazole rings is 1. The predicted molar refractivity (Wildman–Crippen MR) is 111 cm³/mol. The lowest BCUT2D eigenvalue weighted by atomic mass is 10.2. The van der Waals surface area contributed by atoms with Crippen LogP contribution in [0.15, 0.2) is 35.6 Å². The van der Waals surface area contributed by atoms with E-state index >= 15 is 0 Å². The van der Waals surface area contributed by atoms with E-state index in [9.17, 15) is 8.60 Å². The van der Waals surface area contributed by atoms with E-state index in [1.165, 1.54) is 7.11 Å². The number of aromatic nitrogens is 3. The molecule has 2 N–H and O–H groups in total. The summed E-state index contributed by atoms with van der Waals surface area (Å²) < 4.78 is 34.2. The van der Waals surface area contributed by atoms with Crippen LogP contribution in [0.3, 0.4) is 0 Å². The second kappa shape index (κ2) is 8.46. The highest BCUT2D eigenvalue weighted by Gasteiger charge is 2.26. The van der Waals surface area contributed by atoms with Crippen molar-refractivity contribution in [1.82, 2.24) is 14.4 Å². The number of aliphatic hydroxyl groups excluding tert-OH is 1. The van der Waals surface area contributed by atoms with Crippen molar-refractivity contribution in [2.24, 2.45) is 0 Å². The summed E-state index contributed by atoms with van der Waals surface area (Å²) in [6, 6.07) is 3.29. The van der Waals surface area contributed by atoms with Gasteiger partial charge in [0, 0.05) is 35.7 Å². The Balaban J connectivity index is 2.12. The third-order valence-corrected chi connectivity index (χ3v) is 6.14. The first-order valence-electron chi connectivity index (χ1n) is 9.24. The van der Waals surface area contributed by atoms with Crippen LogP contribution in [0.1, 0.15) is 27.2 Å². The van der Waals surface area contributed by atoms with E-state index in [2.05, 4.69) is 15.3 Å². The standard InChI is InChI=1S/C20H25FN4O3S/c1-20(2,3)29(27)17-12-25-15(11-24-19(25)9-16(17)28-4)13-8-18(22-6-5-7-26)23-10-14(13)21/h8-12,26H,5-7H2,1-4H3,(H,22,23). The van der Waals surface area contributed by atoms with Crippen LogP contribution in [0.2, 0.25) is 0 Å². The summed E-state index contributed by atoms with van der Waals surface area (Å²) in [6.45, 7) is 6.23. The Morgan fingerprint density at radius 3 is 2.69 bits per heavy atom. The Kier molecular flexibility index (Phi) is 6.18. The van der Waals surface area contributed by atoms with E-state index < -0.39 is 21.4 Å². The average molecular weight is 421 g/mol. The highest BCUT2D eigenvalue weighted by atomic mass is 32.2. The molecule has 0 radical (unpaired) electrons. The van der Waals surface area contributed by atoms with Crippen molar-refractivity contribution in [3.8, 4) is 17.0 Å². The second-order valence-electron chi connectivity index (χ2n) is 7.51. The summed E-state index contributed by atoms with van der Waals surface area (Å²) in [5, 5.41) is 12.0. The zero-order valence-electron chi connectivity index (χ0n) is 16.9. The van der Waals surface area contributed by atoms with Crippen LogP contribution in [0.5, 0.6) is 5.75 Å². The molecule has 1 atom stereocenters. The number of nitrogens with one attached hydrogen (secondary N) is 1. The third-order valence-electron chi connectivity index (χ3n) is 4.32. The topological polar surface area (TPSA) is 88.8 Å². The number of anilines is 1. The third kappa shape index (κ3) is 4.40. The highest BCUT2D eigenvalue weighted by Crippen LogP contribution is 2.33. The van der Waals surface area contributed by atoms with Gasteiger partial charge in [0.15, 0.2) is 5.82 Å². The molecule has 0 aliphatic rings. The van der Waals surface area contributed by atoms with Crippen LogP contribution in [0.25, 0.3) is 16.9 Å². The van der Waals surface area contributed by atoms with Crippen molar-refractivity contribution in [2.75, 3.05) is 25.6 Å². The number of rotatable bonds is 7. The minimum Gasteiger partial charge on any atom is -0.495 e. The minimum atomic E-state index is -1.35. The SMILES string of the molecule is COc1cc2ncc(-c3cc(NCCCO)ncc3F)n2cc1S(=O)C(C)(C)C. The maximum Gasteiger partial charge on any atom is 0.151 e. The van der Waals surface area contributed by atoms with Gasteiger partial charge in [-0.25, -0.2) is 14.4 Å². The molecule has 9 heteroatoms. The number of nitrogens with zero attached hydrogens (tertiary/aromatic N) is 3. The van der Waals surface area contributed by atoms with Crippen molar-refractivity contribution in [1.29, 1.82) is 0 Å². The molecule has 0 spiro atoms. The first kappa shape index (κ1) is 21.2. The van der Waals surface area contributed by atoms with Gasteiger partial charge in [0.05, 0.1) is 40.9 Å². The molecule has 0 saturated heterocycles. The lowest BCUT2D eigenvalue weighted by Crippen LogP contribution is -2.22. The molecule has 7 nitrogen and oxygen atoms in total. The lowest BCUT2D eigenvalue weighted by Gasteiger charge is -2.20. The molecule has 0 bridgehead atoms. The molecule has 0 aliphatic carbocycles. The van der Waals surface area contributed by atoms with Gasteiger partial charge in [-0.2, -0.15) is 0 Å². The second-order valence-corrected chi connectivity index (χ2v) is 9.71. The van der Waals surface area contributed by atoms with Crippen LogP contribution in [-0.2, 0) is 10.8 Å². The number of hydrogen-bond acceptors (Lipinski definition) is 6. The van der Waals surface area contributed by atoms with Crippen LogP contribution in [0, 0.1) is 5.82 Å². The lowest BCUT2D eigenvalue weighted by molar-refractivity contribution is 0.292. The van der Waals surface area contributed by atoms with Gasteiger partial charge in [-0.05, 0) is 33.3 Å². The summed E-state index contributed by atoms with van der Waals surface area (Å²) in [5.74, 6) is 0.482. The zero-order chi connectivity index (χ0) is 21.2. The summed E-state index contributed by atoms with van der Waals surface area (Å²) in [5.41, 5.74) is 1.38. The normalized spacial score (nSPS) is 12.9. The summed E-state index contributed by atoms with van der Waals surface area (Å²) in [4.78, 5) is 8.91. The van der Waals surface area contributed by atoms with Crippen molar-refractivity contribution in [3.05, 3.63) is 36.5 Å². The van der Waals surface area contributed by atoms with Crippen molar-refractivity contribution in [3.63, 3.8) is 0 Å². The Morgan fingerprint density at radius 1 is 1.28 bits per heavy atom. The fraction of sp³-hybridized carbons (Fsp3) is 0.400. The van der Waals surface area contributed by atoms with E-state index in [4.69, 9.17) is 9.84 Å². The number of ether oxygens (including phenoxy) is 1. The van der Waals surface area contributed by atoms with Crippen LogP contribution in [0.4, 0.5) is 10.2 Å². The molecule has 1 unspecified atom stereocenters.